The van der Waals surface area contributed by atoms with Crippen molar-refractivity contribution in [3.63, 3.8) is 0 Å². The number of benzene rings is 2. The number of halogens is 1. The second-order valence-corrected chi connectivity index (χ2v) is 6.68. The minimum Gasteiger partial charge on any atom is -0.333 e. The van der Waals surface area contributed by atoms with Crippen molar-refractivity contribution in [1.82, 2.24) is 5.32 Å². The summed E-state index contributed by atoms with van der Waals surface area (Å²) in [7, 11) is 0. The van der Waals surface area contributed by atoms with Crippen LogP contribution >= 0.6 is 11.6 Å². The predicted octanol–water partition coefficient (Wildman–Crippen LogP) is 3.88. The summed E-state index contributed by atoms with van der Waals surface area (Å²) in [6.45, 7) is 4.34. The molecule has 1 saturated heterocycles. The van der Waals surface area contributed by atoms with Gasteiger partial charge in [0.2, 0.25) is 5.91 Å². The molecule has 3 rings (SSSR count). The van der Waals surface area contributed by atoms with Crippen LogP contribution in [0.1, 0.15) is 17.5 Å². The largest absolute Gasteiger partial charge is 0.333 e. The Morgan fingerprint density at radius 2 is 1.76 bits per heavy atom. The number of rotatable bonds is 3. The van der Waals surface area contributed by atoms with Crippen LogP contribution in [0.5, 0.6) is 0 Å². The van der Waals surface area contributed by atoms with E-state index in [1.807, 2.05) is 32.0 Å². The zero-order valence-corrected chi connectivity index (χ0v) is 14.9. The van der Waals surface area contributed by atoms with Crippen LogP contribution in [0.3, 0.4) is 0 Å². The summed E-state index contributed by atoms with van der Waals surface area (Å²) in [6, 6.07) is 12.4. The molecule has 0 aromatic heterocycles. The first-order valence-corrected chi connectivity index (χ1v) is 8.51. The summed E-state index contributed by atoms with van der Waals surface area (Å²) < 4.78 is 0. The van der Waals surface area contributed by atoms with Gasteiger partial charge in [-0.2, -0.15) is 0 Å². The number of urea groups is 1. The van der Waals surface area contributed by atoms with Gasteiger partial charge in [0.05, 0.1) is 6.04 Å². The first-order chi connectivity index (χ1) is 11.9. The molecule has 0 spiro atoms. The third kappa shape index (κ3) is 3.94. The van der Waals surface area contributed by atoms with E-state index < -0.39 is 0 Å². The average molecular weight is 358 g/mol. The van der Waals surface area contributed by atoms with Crippen LogP contribution in [0.25, 0.3) is 0 Å². The van der Waals surface area contributed by atoms with E-state index in [1.54, 1.807) is 29.2 Å². The summed E-state index contributed by atoms with van der Waals surface area (Å²) in [5.74, 6) is -0.0142. The fourth-order valence-corrected chi connectivity index (χ4v) is 3.15. The molecular formula is C19H20ClN3O2. The number of anilines is 2. The molecule has 1 fully saturated rings. The Balaban J connectivity index is 1.63. The molecule has 6 heteroatoms. The van der Waals surface area contributed by atoms with Gasteiger partial charge in [-0.3, -0.25) is 4.79 Å². The highest BCUT2D eigenvalue weighted by molar-refractivity contribution is 6.30. The molecule has 130 valence electrons. The highest BCUT2D eigenvalue weighted by atomic mass is 35.5. The fraction of sp³-hybridized carbons (Fsp3) is 0.263. The molecule has 0 bridgehead atoms. The number of hydrogen-bond donors (Lipinski definition) is 2. The number of amides is 3. The summed E-state index contributed by atoms with van der Waals surface area (Å²) >= 11 is 5.89. The van der Waals surface area contributed by atoms with E-state index in [9.17, 15) is 9.59 Å². The van der Waals surface area contributed by atoms with Gasteiger partial charge < -0.3 is 15.5 Å². The van der Waals surface area contributed by atoms with Gasteiger partial charge in [-0.05, 0) is 49.2 Å². The second-order valence-electron chi connectivity index (χ2n) is 6.25. The molecule has 1 aliphatic rings. The van der Waals surface area contributed by atoms with Crippen molar-refractivity contribution >= 4 is 34.9 Å². The van der Waals surface area contributed by atoms with Gasteiger partial charge in [-0.25, -0.2) is 4.79 Å². The van der Waals surface area contributed by atoms with E-state index in [0.29, 0.717) is 11.6 Å². The number of aryl methyl sites for hydroxylation is 2. The Labute approximate surface area is 152 Å². The van der Waals surface area contributed by atoms with Gasteiger partial charge in [-0.1, -0.05) is 29.8 Å². The van der Waals surface area contributed by atoms with E-state index in [4.69, 9.17) is 11.6 Å². The van der Waals surface area contributed by atoms with Crippen molar-refractivity contribution in [1.29, 1.82) is 0 Å². The number of hydrogen-bond acceptors (Lipinski definition) is 2. The van der Waals surface area contributed by atoms with Crippen LogP contribution in [0.15, 0.2) is 42.5 Å². The van der Waals surface area contributed by atoms with Gasteiger partial charge in [0, 0.05) is 29.4 Å². The molecule has 1 atom stereocenters. The summed E-state index contributed by atoms with van der Waals surface area (Å²) in [6.07, 6.45) is 0.281. The van der Waals surface area contributed by atoms with Crippen LogP contribution in [0.4, 0.5) is 16.2 Å². The molecule has 1 heterocycles. The SMILES string of the molecule is Cc1cccc(C)c1NC(=O)N[C@H]1CC(=O)N(c2ccc(Cl)cc2)C1. The lowest BCUT2D eigenvalue weighted by atomic mass is 10.1. The molecule has 1 aliphatic heterocycles. The van der Waals surface area contributed by atoms with Crippen LogP contribution < -0.4 is 15.5 Å². The zero-order chi connectivity index (χ0) is 18.0. The Morgan fingerprint density at radius 1 is 1.12 bits per heavy atom. The third-order valence-electron chi connectivity index (χ3n) is 4.32. The number of carbonyl (C=O) groups excluding carboxylic acids is 2. The van der Waals surface area contributed by atoms with Gasteiger partial charge in [0.15, 0.2) is 0 Å². The van der Waals surface area contributed by atoms with Crippen LogP contribution in [0, 0.1) is 13.8 Å². The normalized spacial score (nSPS) is 16.8. The Morgan fingerprint density at radius 3 is 2.40 bits per heavy atom. The second kappa shape index (κ2) is 7.15. The third-order valence-corrected chi connectivity index (χ3v) is 4.57. The van der Waals surface area contributed by atoms with Crippen molar-refractivity contribution in [2.45, 2.75) is 26.3 Å². The van der Waals surface area contributed by atoms with Crippen molar-refractivity contribution < 1.29 is 9.59 Å². The molecule has 5 nitrogen and oxygen atoms in total. The van der Waals surface area contributed by atoms with Crippen molar-refractivity contribution in [2.75, 3.05) is 16.8 Å². The molecule has 2 N–H and O–H groups in total. The first kappa shape index (κ1) is 17.3. The van der Waals surface area contributed by atoms with E-state index in [-0.39, 0.29) is 24.4 Å². The van der Waals surface area contributed by atoms with Crippen LogP contribution in [-0.2, 0) is 4.79 Å². The lowest BCUT2D eigenvalue weighted by Crippen LogP contribution is -2.40. The number of nitrogens with zero attached hydrogens (tertiary/aromatic N) is 1. The first-order valence-electron chi connectivity index (χ1n) is 8.13. The fourth-order valence-electron chi connectivity index (χ4n) is 3.02. The smallest absolute Gasteiger partial charge is 0.319 e. The number of carbonyl (C=O) groups is 2. The maximum atomic E-state index is 12.3. The molecule has 2 aromatic carbocycles. The van der Waals surface area contributed by atoms with E-state index in [2.05, 4.69) is 10.6 Å². The van der Waals surface area contributed by atoms with Gasteiger partial charge >= 0.3 is 6.03 Å². The maximum Gasteiger partial charge on any atom is 0.319 e. The van der Waals surface area contributed by atoms with Gasteiger partial charge in [0.25, 0.3) is 0 Å². The molecule has 2 aromatic rings. The monoisotopic (exact) mass is 357 g/mol. The molecule has 0 aliphatic carbocycles. The molecular weight excluding hydrogens is 338 g/mol. The van der Waals surface area contributed by atoms with Crippen molar-refractivity contribution in [2.24, 2.45) is 0 Å². The van der Waals surface area contributed by atoms with E-state index in [1.165, 1.54) is 0 Å². The standard InChI is InChI=1S/C19H20ClN3O2/c1-12-4-3-5-13(2)18(12)22-19(25)21-15-10-17(24)23(11-15)16-8-6-14(20)7-9-16/h3-9,15H,10-11H2,1-2H3,(H2,21,22,25)/t15-/m0/s1. The lowest BCUT2D eigenvalue weighted by Gasteiger charge is -2.18. The van der Waals surface area contributed by atoms with E-state index >= 15 is 0 Å². The Kier molecular flexibility index (Phi) is 4.95. The molecule has 0 saturated carbocycles. The number of nitrogens with one attached hydrogen (secondary N) is 2. The highest BCUT2D eigenvalue weighted by Crippen LogP contribution is 2.24. The van der Waals surface area contributed by atoms with Crippen molar-refractivity contribution in [3.8, 4) is 0 Å². The summed E-state index contributed by atoms with van der Waals surface area (Å²) in [5, 5.41) is 6.39. The summed E-state index contributed by atoms with van der Waals surface area (Å²) in [4.78, 5) is 26.2. The maximum absolute atomic E-state index is 12.3. The highest BCUT2D eigenvalue weighted by Gasteiger charge is 2.31. The average Bonchev–Trinajstić information content (AvgIpc) is 2.92. The van der Waals surface area contributed by atoms with Gasteiger partial charge in [-0.15, -0.1) is 0 Å². The molecule has 0 radical (unpaired) electrons. The molecule has 0 unspecified atom stereocenters. The molecule has 3 amide bonds. The zero-order valence-electron chi connectivity index (χ0n) is 14.2. The summed E-state index contributed by atoms with van der Waals surface area (Å²) in [5.41, 5.74) is 3.59. The van der Waals surface area contributed by atoms with Crippen LogP contribution in [-0.4, -0.2) is 24.5 Å². The number of para-hydroxylation sites is 1. The minimum atomic E-state index is -0.298. The van der Waals surface area contributed by atoms with Gasteiger partial charge in [0.1, 0.15) is 0 Å². The topological polar surface area (TPSA) is 61.4 Å². The lowest BCUT2D eigenvalue weighted by molar-refractivity contribution is -0.117. The van der Waals surface area contributed by atoms with E-state index in [0.717, 1.165) is 22.5 Å². The predicted molar refractivity (Wildman–Crippen MR) is 100 cm³/mol. The molecule has 25 heavy (non-hydrogen) atoms. The van der Waals surface area contributed by atoms with Crippen LogP contribution in [0.2, 0.25) is 5.02 Å². The minimum absolute atomic E-state index is 0.0142. The Bertz CT molecular complexity index is 785. The van der Waals surface area contributed by atoms with Crippen molar-refractivity contribution in [3.05, 3.63) is 58.6 Å². The quantitative estimate of drug-likeness (QED) is 0.875. The Hall–Kier alpha value is -2.53.